The number of hydrogen-bond acceptors (Lipinski definition) is 5. The van der Waals surface area contributed by atoms with E-state index >= 15 is 0 Å². The van der Waals surface area contributed by atoms with Crippen LogP contribution >= 0.6 is 11.6 Å². The number of nitrogens with one attached hydrogen (secondary N) is 1. The third-order valence-electron chi connectivity index (χ3n) is 4.47. The average Bonchev–Trinajstić information content (AvgIpc) is 2.67. The van der Waals surface area contributed by atoms with Crippen LogP contribution in [-0.4, -0.2) is 25.0 Å². The first-order chi connectivity index (χ1) is 13.3. The van der Waals surface area contributed by atoms with Crippen molar-refractivity contribution in [2.75, 3.05) is 17.3 Å². The normalized spacial score (nSPS) is 15.9. The molecular formula is C20H15ClN2O5. The van der Waals surface area contributed by atoms with Gasteiger partial charge < -0.3 is 19.4 Å². The SMILES string of the molecule is C[C@@H]1Oc2ccc(NC(=O)c3cc(=O)c4cc(Cl)ccc4o3)cc2N(C)C1=O. The van der Waals surface area contributed by atoms with Gasteiger partial charge in [-0.25, -0.2) is 0 Å². The highest BCUT2D eigenvalue weighted by atomic mass is 35.5. The first kappa shape index (κ1) is 18.1. The first-order valence-electron chi connectivity index (χ1n) is 8.46. The predicted molar refractivity (Wildman–Crippen MR) is 105 cm³/mol. The highest BCUT2D eigenvalue weighted by Gasteiger charge is 2.29. The van der Waals surface area contributed by atoms with E-state index in [2.05, 4.69) is 5.32 Å². The zero-order valence-electron chi connectivity index (χ0n) is 15.0. The lowest BCUT2D eigenvalue weighted by molar-refractivity contribution is -0.125. The lowest BCUT2D eigenvalue weighted by atomic mass is 10.1. The van der Waals surface area contributed by atoms with E-state index in [1.807, 2.05) is 0 Å². The molecule has 0 fully saturated rings. The van der Waals surface area contributed by atoms with Crippen LogP contribution in [-0.2, 0) is 4.79 Å². The summed E-state index contributed by atoms with van der Waals surface area (Å²) in [5.41, 5.74) is 0.864. The van der Waals surface area contributed by atoms with Gasteiger partial charge in [-0.05, 0) is 43.3 Å². The summed E-state index contributed by atoms with van der Waals surface area (Å²) < 4.78 is 11.1. The Morgan fingerprint density at radius 2 is 1.93 bits per heavy atom. The fourth-order valence-electron chi connectivity index (χ4n) is 3.02. The van der Waals surface area contributed by atoms with Crippen LogP contribution in [0.15, 0.2) is 51.7 Å². The Morgan fingerprint density at radius 1 is 1.14 bits per heavy atom. The van der Waals surface area contributed by atoms with E-state index in [0.717, 1.165) is 6.07 Å². The van der Waals surface area contributed by atoms with E-state index < -0.39 is 12.0 Å². The average molecular weight is 399 g/mol. The lowest BCUT2D eigenvalue weighted by Crippen LogP contribution is -2.41. The van der Waals surface area contributed by atoms with Crippen molar-refractivity contribution in [2.24, 2.45) is 0 Å². The molecule has 7 nitrogen and oxygen atoms in total. The molecule has 0 radical (unpaired) electrons. The van der Waals surface area contributed by atoms with Gasteiger partial charge in [-0.15, -0.1) is 0 Å². The van der Waals surface area contributed by atoms with Crippen molar-refractivity contribution in [2.45, 2.75) is 13.0 Å². The van der Waals surface area contributed by atoms with Crippen LogP contribution in [0.1, 0.15) is 17.5 Å². The van der Waals surface area contributed by atoms with Gasteiger partial charge >= 0.3 is 0 Å². The van der Waals surface area contributed by atoms with Crippen molar-refractivity contribution < 1.29 is 18.7 Å². The van der Waals surface area contributed by atoms with E-state index in [-0.39, 0.29) is 22.7 Å². The molecule has 0 aliphatic carbocycles. The quantitative estimate of drug-likeness (QED) is 0.714. The third kappa shape index (κ3) is 3.10. The second-order valence-electron chi connectivity index (χ2n) is 6.41. The minimum atomic E-state index is -0.590. The fraction of sp³-hybridized carbons (Fsp3) is 0.150. The van der Waals surface area contributed by atoms with Crippen LogP contribution < -0.4 is 20.4 Å². The minimum Gasteiger partial charge on any atom is -0.479 e. The Bertz CT molecular complexity index is 1190. The summed E-state index contributed by atoms with van der Waals surface area (Å²) >= 11 is 5.89. The Hall–Kier alpha value is -3.32. The molecule has 1 atom stereocenters. The Kier molecular flexibility index (Phi) is 4.31. The number of carbonyl (C=O) groups excluding carboxylic acids is 2. The molecule has 2 heterocycles. The summed E-state index contributed by atoms with van der Waals surface area (Å²) in [7, 11) is 1.64. The molecule has 8 heteroatoms. The standard InChI is InChI=1S/C20H15ClN2O5/c1-10-20(26)23(2)14-8-12(4-6-17(14)27-10)22-19(25)18-9-15(24)13-7-11(21)3-5-16(13)28-18/h3-10H,1-2H3,(H,22,25)/t10-/m0/s1. The minimum absolute atomic E-state index is 0.133. The molecule has 2 aromatic carbocycles. The third-order valence-corrected chi connectivity index (χ3v) is 4.71. The number of ether oxygens (including phenoxy) is 1. The van der Waals surface area contributed by atoms with E-state index in [9.17, 15) is 14.4 Å². The summed E-state index contributed by atoms with van der Waals surface area (Å²) in [6.45, 7) is 1.67. The molecule has 142 valence electrons. The summed E-state index contributed by atoms with van der Waals surface area (Å²) in [4.78, 5) is 38.4. The van der Waals surface area contributed by atoms with Crippen molar-refractivity contribution in [3.05, 3.63) is 63.5 Å². The van der Waals surface area contributed by atoms with Gasteiger partial charge in [0.25, 0.3) is 11.8 Å². The van der Waals surface area contributed by atoms with Crippen molar-refractivity contribution in [3.8, 4) is 5.75 Å². The van der Waals surface area contributed by atoms with Gasteiger partial charge in [0.05, 0.1) is 11.1 Å². The molecule has 1 aromatic heterocycles. The molecule has 4 rings (SSSR count). The monoisotopic (exact) mass is 398 g/mol. The van der Waals surface area contributed by atoms with Crippen molar-refractivity contribution >= 4 is 45.8 Å². The van der Waals surface area contributed by atoms with Crippen molar-refractivity contribution in [1.82, 2.24) is 0 Å². The number of fused-ring (bicyclic) bond motifs is 2. The summed E-state index contributed by atoms with van der Waals surface area (Å²) in [5.74, 6) is -0.364. The van der Waals surface area contributed by atoms with Gasteiger partial charge in [-0.3, -0.25) is 14.4 Å². The lowest BCUT2D eigenvalue weighted by Gasteiger charge is -2.30. The summed E-state index contributed by atoms with van der Waals surface area (Å²) in [6, 6.07) is 10.7. The molecule has 3 aromatic rings. The van der Waals surface area contributed by atoms with Crippen molar-refractivity contribution in [1.29, 1.82) is 0 Å². The van der Waals surface area contributed by atoms with E-state index in [0.29, 0.717) is 27.5 Å². The zero-order chi connectivity index (χ0) is 20.0. The van der Waals surface area contributed by atoms with Gasteiger partial charge in [-0.1, -0.05) is 11.6 Å². The number of carbonyl (C=O) groups is 2. The second kappa shape index (κ2) is 6.69. The smallest absolute Gasteiger partial charge is 0.291 e. The number of rotatable bonds is 2. The molecule has 0 saturated heterocycles. The number of hydrogen-bond donors (Lipinski definition) is 1. The highest BCUT2D eigenvalue weighted by molar-refractivity contribution is 6.31. The molecule has 2 amide bonds. The van der Waals surface area contributed by atoms with Crippen LogP contribution in [0.3, 0.4) is 0 Å². The Balaban J connectivity index is 1.64. The van der Waals surface area contributed by atoms with Gasteiger partial charge in [0.2, 0.25) is 0 Å². The molecule has 0 unspecified atom stereocenters. The molecule has 0 saturated carbocycles. The fourth-order valence-corrected chi connectivity index (χ4v) is 3.19. The number of nitrogens with zero attached hydrogens (tertiary/aromatic N) is 1. The maximum absolute atomic E-state index is 12.6. The largest absolute Gasteiger partial charge is 0.479 e. The Labute approximate surface area is 164 Å². The first-order valence-corrected chi connectivity index (χ1v) is 8.84. The van der Waals surface area contributed by atoms with Crippen LogP contribution in [0.2, 0.25) is 5.02 Å². The topological polar surface area (TPSA) is 88.8 Å². The zero-order valence-corrected chi connectivity index (χ0v) is 15.7. The molecule has 0 spiro atoms. The van der Waals surface area contributed by atoms with E-state index in [1.54, 1.807) is 38.2 Å². The number of anilines is 2. The van der Waals surface area contributed by atoms with Gasteiger partial charge in [-0.2, -0.15) is 0 Å². The molecule has 0 bridgehead atoms. The maximum Gasteiger partial charge on any atom is 0.291 e. The van der Waals surface area contributed by atoms with Gasteiger partial charge in [0.15, 0.2) is 17.3 Å². The predicted octanol–water partition coefficient (Wildman–Crippen LogP) is 3.44. The summed E-state index contributed by atoms with van der Waals surface area (Å²) in [5, 5.41) is 3.37. The molecule has 1 N–H and O–H groups in total. The molecule has 1 aliphatic rings. The number of benzene rings is 2. The van der Waals surface area contributed by atoms with Crippen LogP contribution in [0.5, 0.6) is 5.75 Å². The Morgan fingerprint density at radius 3 is 2.71 bits per heavy atom. The summed E-state index contributed by atoms with van der Waals surface area (Å²) in [6.07, 6.45) is -0.571. The number of likely N-dealkylation sites (N-methyl/N-ethyl adjacent to an activating group) is 1. The second-order valence-corrected chi connectivity index (χ2v) is 6.85. The molecular weight excluding hydrogens is 384 g/mol. The maximum atomic E-state index is 12.6. The van der Waals surface area contributed by atoms with Crippen LogP contribution in [0.25, 0.3) is 11.0 Å². The van der Waals surface area contributed by atoms with Gasteiger partial charge in [0, 0.05) is 23.8 Å². The van der Waals surface area contributed by atoms with Crippen LogP contribution in [0.4, 0.5) is 11.4 Å². The van der Waals surface area contributed by atoms with Crippen LogP contribution in [0, 0.1) is 0 Å². The molecule has 28 heavy (non-hydrogen) atoms. The molecule has 1 aliphatic heterocycles. The number of amides is 2. The number of halogens is 1. The van der Waals surface area contributed by atoms with Crippen molar-refractivity contribution in [3.63, 3.8) is 0 Å². The highest BCUT2D eigenvalue weighted by Crippen LogP contribution is 2.35. The van der Waals surface area contributed by atoms with Gasteiger partial charge in [0.1, 0.15) is 11.3 Å². The van der Waals surface area contributed by atoms with E-state index in [4.69, 9.17) is 20.8 Å². The van der Waals surface area contributed by atoms with E-state index in [1.165, 1.54) is 17.0 Å².